The summed E-state index contributed by atoms with van der Waals surface area (Å²) in [5.74, 6) is 1.21. The number of fused-ring (bicyclic) bond motifs is 1. The second-order valence-corrected chi connectivity index (χ2v) is 7.97. The second-order valence-electron chi connectivity index (χ2n) is 7.97. The molecular weight excluding hydrogens is 388 g/mol. The van der Waals surface area contributed by atoms with Crippen LogP contribution in [0.5, 0.6) is 5.88 Å². The van der Waals surface area contributed by atoms with Gasteiger partial charge >= 0.3 is 0 Å². The number of aromatic nitrogens is 4. The Kier molecular flexibility index (Phi) is 6.57. The van der Waals surface area contributed by atoms with Crippen LogP contribution >= 0.6 is 0 Å². The van der Waals surface area contributed by atoms with Crippen LogP contribution in [0.1, 0.15) is 20.3 Å². The second kappa shape index (κ2) is 9.71. The van der Waals surface area contributed by atoms with E-state index in [0.717, 1.165) is 46.3 Å². The average molecular weight is 417 g/mol. The van der Waals surface area contributed by atoms with Crippen LogP contribution in [0.15, 0.2) is 61.1 Å². The summed E-state index contributed by atoms with van der Waals surface area (Å²) in [6.45, 7) is 6.32. The molecular formula is C25H28N4O2. The van der Waals surface area contributed by atoms with Crippen molar-refractivity contribution in [1.82, 2.24) is 19.7 Å². The SMILES string of the molecule is COCCOc1ccc(-c2cnn(CCC(C)C)c2)c(-c2ccc3cccnc3c2)n1. The number of methoxy groups -OCH3 is 1. The van der Waals surface area contributed by atoms with Crippen LogP contribution in [0.4, 0.5) is 0 Å². The molecule has 0 aliphatic carbocycles. The maximum absolute atomic E-state index is 5.78. The van der Waals surface area contributed by atoms with Crippen molar-refractivity contribution in [2.75, 3.05) is 20.3 Å². The van der Waals surface area contributed by atoms with Crippen molar-refractivity contribution in [3.05, 3.63) is 61.1 Å². The van der Waals surface area contributed by atoms with Gasteiger partial charge in [0, 0.05) is 54.2 Å². The first-order valence-corrected chi connectivity index (χ1v) is 10.6. The van der Waals surface area contributed by atoms with Gasteiger partial charge in [0.2, 0.25) is 5.88 Å². The zero-order valence-electron chi connectivity index (χ0n) is 18.3. The molecule has 0 amide bonds. The lowest BCUT2D eigenvalue weighted by Gasteiger charge is -2.12. The van der Waals surface area contributed by atoms with Crippen molar-refractivity contribution in [3.63, 3.8) is 0 Å². The maximum Gasteiger partial charge on any atom is 0.213 e. The van der Waals surface area contributed by atoms with E-state index in [1.54, 1.807) is 7.11 Å². The van der Waals surface area contributed by atoms with E-state index >= 15 is 0 Å². The molecule has 0 saturated carbocycles. The molecule has 160 valence electrons. The summed E-state index contributed by atoms with van der Waals surface area (Å²) in [6.07, 6.45) is 6.90. The average Bonchev–Trinajstić information content (AvgIpc) is 3.26. The molecule has 1 aromatic carbocycles. The molecule has 0 bridgehead atoms. The van der Waals surface area contributed by atoms with Crippen molar-refractivity contribution in [1.29, 1.82) is 0 Å². The van der Waals surface area contributed by atoms with Gasteiger partial charge in [-0.05, 0) is 30.5 Å². The number of aryl methyl sites for hydroxylation is 1. The Labute approximate surface area is 182 Å². The van der Waals surface area contributed by atoms with Gasteiger partial charge in [-0.2, -0.15) is 5.10 Å². The normalized spacial score (nSPS) is 11.4. The lowest BCUT2D eigenvalue weighted by molar-refractivity contribution is 0.144. The van der Waals surface area contributed by atoms with E-state index in [1.807, 2.05) is 29.2 Å². The van der Waals surface area contributed by atoms with Crippen LogP contribution in [0.25, 0.3) is 33.3 Å². The van der Waals surface area contributed by atoms with Crippen LogP contribution in [-0.2, 0) is 11.3 Å². The molecule has 0 aliphatic heterocycles. The fraction of sp³-hybridized carbons (Fsp3) is 0.320. The first-order valence-electron chi connectivity index (χ1n) is 10.6. The fourth-order valence-electron chi connectivity index (χ4n) is 3.43. The van der Waals surface area contributed by atoms with Gasteiger partial charge in [0.1, 0.15) is 6.61 Å². The summed E-state index contributed by atoms with van der Waals surface area (Å²) in [5.41, 5.74) is 4.84. The van der Waals surface area contributed by atoms with Gasteiger partial charge in [0.05, 0.1) is 24.0 Å². The molecule has 6 nitrogen and oxygen atoms in total. The van der Waals surface area contributed by atoms with Crippen LogP contribution in [0.3, 0.4) is 0 Å². The molecule has 0 saturated heterocycles. The summed E-state index contributed by atoms with van der Waals surface area (Å²) in [5, 5.41) is 5.66. The molecule has 0 atom stereocenters. The monoisotopic (exact) mass is 416 g/mol. The summed E-state index contributed by atoms with van der Waals surface area (Å²) in [7, 11) is 1.66. The van der Waals surface area contributed by atoms with Gasteiger partial charge in [-0.25, -0.2) is 4.98 Å². The van der Waals surface area contributed by atoms with E-state index in [-0.39, 0.29) is 0 Å². The number of ether oxygens (including phenoxy) is 2. The Morgan fingerprint density at radius 1 is 1.03 bits per heavy atom. The highest BCUT2D eigenvalue weighted by atomic mass is 16.5. The van der Waals surface area contributed by atoms with Crippen LogP contribution < -0.4 is 4.74 Å². The molecule has 3 heterocycles. The molecule has 31 heavy (non-hydrogen) atoms. The molecule has 0 fully saturated rings. The minimum atomic E-state index is 0.453. The molecule has 6 heteroatoms. The lowest BCUT2D eigenvalue weighted by Crippen LogP contribution is -2.06. The Bertz CT molecular complexity index is 1150. The quantitative estimate of drug-likeness (QED) is 0.350. The van der Waals surface area contributed by atoms with Crippen molar-refractivity contribution >= 4 is 10.9 Å². The maximum atomic E-state index is 5.78. The third-order valence-corrected chi connectivity index (χ3v) is 5.17. The first-order chi connectivity index (χ1) is 15.1. The number of hydrogen-bond acceptors (Lipinski definition) is 5. The van der Waals surface area contributed by atoms with E-state index < -0.39 is 0 Å². The highest BCUT2D eigenvalue weighted by Gasteiger charge is 2.14. The smallest absolute Gasteiger partial charge is 0.213 e. The number of nitrogens with zero attached hydrogens (tertiary/aromatic N) is 4. The minimum absolute atomic E-state index is 0.453. The summed E-state index contributed by atoms with van der Waals surface area (Å²) in [4.78, 5) is 9.34. The zero-order valence-corrected chi connectivity index (χ0v) is 18.3. The first kappa shape index (κ1) is 21.0. The van der Waals surface area contributed by atoms with Crippen molar-refractivity contribution in [2.45, 2.75) is 26.8 Å². The minimum Gasteiger partial charge on any atom is -0.475 e. The Hall–Kier alpha value is -3.25. The Morgan fingerprint density at radius 2 is 1.94 bits per heavy atom. The standard InChI is InChI=1S/C25H28N4O2/c1-18(2)10-12-29-17-21(16-27-29)22-8-9-24(31-14-13-30-3)28-25(22)20-7-6-19-5-4-11-26-23(19)15-20/h4-9,11,15-18H,10,12-14H2,1-3H3. The fourth-order valence-corrected chi connectivity index (χ4v) is 3.43. The molecule has 0 N–H and O–H groups in total. The zero-order chi connectivity index (χ0) is 21.6. The highest BCUT2D eigenvalue weighted by Crippen LogP contribution is 2.33. The van der Waals surface area contributed by atoms with Crippen molar-refractivity contribution in [2.24, 2.45) is 5.92 Å². The largest absolute Gasteiger partial charge is 0.475 e. The van der Waals surface area contributed by atoms with Crippen molar-refractivity contribution < 1.29 is 9.47 Å². The molecule has 0 unspecified atom stereocenters. The number of pyridine rings is 2. The van der Waals surface area contributed by atoms with E-state index in [1.165, 1.54) is 0 Å². The van der Waals surface area contributed by atoms with Crippen molar-refractivity contribution in [3.8, 4) is 28.3 Å². The third kappa shape index (κ3) is 5.09. The number of hydrogen-bond donors (Lipinski definition) is 0. The highest BCUT2D eigenvalue weighted by molar-refractivity contribution is 5.87. The lowest BCUT2D eigenvalue weighted by atomic mass is 10.0. The predicted molar refractivity (Wildman–Crippen MR) is 123 cm³/mol. The molecule has 3 aromatic heterocycles. The molecule has 4 aromatic rings. The third-order valence-electron chi connectivity index (χ3n) is 5.17. The molecule has 4 rings (SSSR count). The number of benzene rings is 1. The van der Waals surface area contributed by atoms with Gasteiger partial charge in [0.15, 0.2) is 0 Å². The van der Waals surface area contributed by atoms with Gasteiger partial charge in [-0.1, -0.05) is 32.0 Å². The Morgan fingerprint density at radius 3 is 2.77 bits per heavy atom. The van der Waals surface area contributed by atoms with Crippen LogP contribution in [-0.4, -0.2) is 40.1 Å². The van der Waals surface area contributed by atoms with Gasteiger partial charge in [0.25, 0.3) is 0 Å². The van der Waals surface area contributed by atoms with Gasteiger partial charge in [-0.15, -0.1) is 0 Å². The predicted octanol–water partition coefficient (Wildman–Crippen LogP) is 5.23. The van der Waals surface area contributed by atoms with E-state index in [4.69, 9.17) is 14.5 Å². The van der Waals surface area contributed by atoms with Gasteiger partial charge in [-0.3, -0.25) is 9.67 Å². The topological polar surface area (TPSA) is 62.1 Å². The molecule has 0 radical (unpaired) electrons. The van der Waals surface area contributed by atoms with Gasteiger partial charge < -0.3 is 9.47 Å². The summed E-state index contributed by atoms with van der Waals surface area (Å²) >= 11 is 0. The molecule has 0 spiro atoms. The van der Waals surface area contributed by atoms with E-state index in [9.17, 15) is 0 Å². The molecule has 0 aliphatic rings. The summed E-state index contributed by atoms with van der Waals surface area (Å²) in [6, 6.07) is 14.2. The van der Waals surface area contributed by atoms with Crippen LogP contribution in [0, 0.1) is 5.92 Å². The van der Waals surface area contributed by atoms with E-state index in [2.05, 4.69) is 60.5 Å². The summed E-state index contributed by atoms with van der Waals surface area (Å²) < 4.78 is 12.9. The Balaban J connectivity index is 1.73. The number of rotatable bonds is 9. The van der Waals surface area contributed by atoms with E-state index in [0.29, 0.717) is 25.0 Å². The van der Waals surface area contributed by atoms with Crippen LogP contribution in [0.2, 0.25) is 0 Å².